The van der Waals surface area contributed by atoms with Crippen molar-refractivity contribution >= 4 is 17.3 Å². The summed E-state index contributed by atoms with van der Waals surface area (Å²) in [6, 6.07) is 3.56. The Balaban J connectivity index is 3.46. The van der Waals surface area contributed by atoms with Gasteiger partial charge in [0, 0.05) is 33.3 Å². The van der Waals surface area contributed by atoms with E-state index in [9.17, 15) is 4.79 Å². The monoisotopic (exact) mass is 238 g/mol. The maximum absolute atomic E-state index is 11.8. The second-order valence-corrected chi connectivity index (χ2v) is 3.71. The van der Waals surface area contributed by atoms with Crippen molar-refractivity contribution in [3.8, 4) is 5.75 Å². The van der Waals surface area contributed by atoms with Crippen LogP contribution in [0.2, 0.25) is 0 Å². The van der Waals surface area contributed by atoms with E-state index in [-0.39, 0.29) is 5.97 Å². The molecule has 1 rings (SSSR count). The van der Waals surface area contributed by atoms with E-state index in [1.54, 1.807) is 26.3 Å². The maximum atomic E-state index is 11.8. The predicted molar refractivity (Wildman–Crippen MR) is 68.2 cm³/mol. The van der Waals surface area contributed by atoms with Crippen LogP contribution in [0.3, 0.4) is 0 Å². The number of ether oxygens (including phenoxy) is 2. The summed E-state index contributed by atoms with van der Waals surface area (Å²) in [5.74, 6) is 0.311. The lowest BCUT2D eigenvalue weighted by molar-refractivity contribution is 0.0602. The summed E-state index contributed by atoms with van der Waals surface area (Å²) in [6.07, 6.45) is 0. The Morgan fingerprint density at radius 2 is 1.94 bits per heavy atom. The summed E-state index contributed by atoms with van der Waals surface area (Å²) >= 11 is 0. The van der Waals surface area contributed by atoms with Crippen LogP contribution in [-0.4, -0.2) is 41.3 Å². The lowest BCUT2D eigenvalue weighted by Gasteiger charge is -2.20. The van der Waals surface area contributed by atoms with Crippen LogP contribution < -0.4 is 15.0 Å². The quantitative estimate of drug-likeness (QED) is 0.807. The van der Waals surface area contributed by atoms with Gasteiger partial charge in [0.2, 0.25) is 0 Å². The van der Waals surface area contributed by atoms with Crippen LogP contribution >= 0.6 is 0 Å². The van der Waals surface area contributed by atoms with Gasteiger partial charge < -0.3 is 19.7 Å². The molecule has 0 atom stereocenters. The number of methoxy groups -OCH3 is 2. The molecule has 0 saturated carbocycles. The highest BCUT2D eigenvalue weighted by Crippen LogP contribution is 2.32. The zero-order valence-corrected chi connectivity index (χ0v) is 10.8. The van der Waals surface area contributed by atoms with Crippen molar-refractivity contribution < 1.29 is 14.3 Å². The molecule has 0 fully saturated rings. The van der Waals surface area contributed by atoms with Crippen molar-refractivity contribution in [2.24, 2.45) is 0 Å². The first kappa shape index (κ1) is 13.2. The second kappa shape index (κ2) is 5.43. The number of hydrogen-bond donors (Lipinski definition) is 1. The second-order valence-electron chi connectivity index (χ2n) is 3.71. The molecule has 0 bridgehead atoms. The van der Waals surface area contributed by atoms with Gasteiger partial charge in [-0.3, -0.25) is 0 Å². The van der Waals surface area contributed by atoms with Gasteiger partial charge in [0.25, 0.3) is 0 Å². The lowest BCUT2D eigenvalue weighted by atomic mass is 10.1. The summed E-state index contributed by atoms with van der Waals surface area (Å²) in [6.45, 7) is 0. The van der Waals surface area contributed by atoms with E-state index < -0.39 is 0 Å². The summed E-state index contributed by atoms with van der Waals surface area (Å²) in [4.78, 5) is 13.6. The Bertz CT molecular complexity index is 416. The van der Waals surface area contributed by atoms with Gasteiger partial charge in [0.1, 0.15) is 11.3 Å². The van der Waals surface area contributed by atoms with Gasteiger partial charge in [0.05, 0.1) is 25.6 Å². The Kier molecular flexibility index (Phi) is 4.20. The molecule has 1 aromatic carbocycles. The Labute approximate surface area is 101 Å². The molecule has 0 spiro atoms. The molecule has 1 N–H and O–H groups in total. The molecule has 0 amide bonds. The average molecular weight is 238 g/mol. The number of rotatable bonds is 4. The van der Waals surface area contributed by atoms with Crippen LogP contribution in [0.4, 0.5) is 11.4 Å². The molecule has 1 aromatic rings. The smallest absolute Gasteiger partial charge is 0.342 e. The van der Waals surface area contributed by atoms with Crippen LogP contribution in [-0.2, 0) is 4.74 Å². The highest BCUT2D eigenvalue weighted by atomic mass is 16.5. The third-order valence-electron chi connectivity index (χ3n) is 2.47. The van der Waals surface area contributed by atoms with Gasteiger partial charge in [0.15, 0.2) is 0 Å². The van der Waals surface area contributed by atoms with Crippen LogP contribution in [0.1, 0.15) is 10.4 Å². The molecule has 5 nitrogen and oxygen atoms in total. The van der Waals surface area contributed by atoms with Crippen molar-refractivity contribution in [2.75, 3.05) is 45.6 Å². The molecule has 0 radical (unpaired) electrons. The molecule has 0 unspecified atom stereocenters. The van der Waals surface area contributed by atoms with Gasteiger partial charge >= 0.3 is 5.97 Å². The van der Waals surface area contributed by atoms with E-state index in [1.807, 2.05) is 19.0 Å². The molecule has 5 heteroatoms. The topological polar surface area (TPSA) is 50.8 Å². The van der Waals surface area contributed by atoms with Crippen molar-refractivity contribution in [1.82, 2.24) is 0 Å². The molecular weight excluding hydrogens is 220 g/mol. The number of esters is 1. The third kappa shape index (κ3) is 2.61. The fourth-order valence-corrected chi connectivity index (χ4v) is 1.59. The number of anilines is 2. The van der Waals surface area contributed by atoms with Crippen LogP contribution in [0.5, 0.6) is 5.75 Å². The number of benzene rings is 1. The lowest BCUT2D eigenvalue weighted by Crippen LogP contribution is -2.16. The van der Waals surface area contributed by atoms with Crippen LogP contribution in [0.15, 0.2) is 12.1 Å². The number of hydrogen-bond acceptors (Lipinski definition) is 5. The summed E-state index contributed by atoms with van der Waals surface area (Å²) < 4.78 is 9.99. The fourth-order valence-electron chi connectivity index (χ4n) is 1.59. The Morgan fingerprint density at radius 1 is 1.29 bits per heavy atom. The van der Waals surface area contributed by atoms with E-state index in [0.717, 1.165) is 5.69 Å². The number of carbonyl (C=O) groups excluding carboxylic acids is 1. The number of carbonyl (C=O) groups is 1. The minimum atomic E-state index is -0.374. The van der Waals surface area contributed by atoms with E-state index >= 15 is 0 Å². The van der Waals surface area contributed by atoms with Crippen molar-refractivity contribution in [1.29, 1.82) is 0 Å². The predicted octanol–water partition coefficient (Wildman–Crippen LogP) is 1.59. The first-order chi connectivity index (χ1) is 8.04. The third-order valence-corrected chi connectivity index (χ3v) is 2.47. The number of nitrogens with one attached hydrogen (secondary N) is 1. The molecule has 0 aliphatic rings. The van der Waals surface area contributed by atoms with Gasteiger partial charge in [-0.05, 0) is 0 Å². The van der Waals surface area contributed by atoms with Gasteiger partial charge in [-0.1, -0.05) is 0 Å². The molecule has 0 aliphatic carbocycles. The van der Waals surface area contributed by atoms with Crippen LogP contribution in [0.25, 0.3) is 0 Å². The molecule has 94 valence electrons. The maximum Gasteiger partial charge on any atom is 0.342 e. The SMILES string of the molecule is CNc1cc(OC)cc(N(C)C)c1C(=O)OC. The largest absolute Gasteiger partial charge is 0.497 e. The van der Waals surface area contributed by atoms with Crippen LogP contribution in [0, 0.1) is 0 Å². The molecule has 0 aromatic heterocycles. The summed E-state index contributed by atoms with van der Waals surface area (Å²) in [5, 5.41) is 2.97. The summed E-state index contributed by atoms with van der Waals surface area (Å²) in [7, 11) is 8.43. The Hall–Kier alpha value is -1.91. The van der Waals surface area contributed by atoms with E-state index in [0.29, 0.717) is 17.0 Å². The normalized spacial score (nSPS) is 9.71. The minimum absolute atomic E-state index is 0.374. The first-order valence-corrected chi connectivity index (χ1v) is 5.20. The zero-order valence-electron chi connectivity index (χ0n) is 10.8. The van der Waals surface area contributed by atoms with Crippen molar-refractivity contribution in [2.45, 2.75) is 0 Å². The molecular formula is C12H18N2O3. The first-order valence-electron chi connectivity index (χ1n) is 5.20. The zero-order chi connectivity index (χ0) is 13.0. The van der Waals surface area contributed by atoms with Crippen molar-refractivity contribution in [3.05, 3.63) is 17.7 Å². The molecule has 0 saturated heterocycles. The van der Waals surface area contributed by atoms with Gasteiger partial charge in [-0.2, -0.15) is 0 Å². The number of nitrogens with zero attached hydrogens (tertiary/aromatic N) is 1. The van der Waals surface area contributed by atoms with E-state index in [4.69, 9.17) is 9.47 Å². The van der Waals surface area contributed by atoms with Crippen molar-refractivity contribution in [3.63, 3.8) is 0 Å². The van der Waals surface area contributed by atoms with Gasteiger partial charge in [-0.15, -0.1) is 0 Å². The summed E-state index contributed by atoms with van der Waals surface area (Å²) in [5.41, 5.74) is 1.93. The Morgan fingerprint density at radius 3 is 2.35 bits per heavy atom. The van der Waals surface area contributed by atoms with E-state index in [1.165, 1.54) is 7.11 Å². The standard InChI is InChI=1S/C12H18N2O3/c1-13-9-6-8(16-4)7-10(14(2)3)11(9)12(15)17-5/h6-7,13H,1-5H3. The average Bonchev–Trinajstić information content (AvgIpc) is 2.35. The minimum Gasteiger partial charge on any atom is -0.497 e. The van der Waals surface area contributed by atoms with E-state index in [2.05, 4.69) is 5.32 Å². The fraction of sp³-hybridized carbons (Fsp3) is 0.417. The highest BCUT2D eigenvalue weighted by Gasteiger charge is 2.19. The highest BCUT2D eigenvalue weighted by molar-refractivity contribution is 6.02. The molecule has 0 heterocycles. The molecule has 0 aliphatic heterocycles. The molecule has 17 heavy (non-hydrogen) atoms. The van der Waals surface area contributed by atoms with Gasteiger partial charge in [-0.25, -0.2) is 4.79 Å².